The number of rotatable bonds is 5. The van der Waals surface area contributed by atoms with Gasteiger partial charge in [-0.15, -0.1) is 0 Å². The van der Waals surface area contributed by atoms with Crippen LogP contribution in [0.25, 0.3) is 0 Å². The van der Waals surface area contributed by atoms with Crippen molar-refractivity contribution in [3.63, 3.8) is 0 Å². The normalized spacial score (nSPS) is 11.3. The molecule has 0 unspecified atom stereocenters. The van der Waals surface area contributed by atoms with Crippen LogP contribution in [0.4, 0.5) is 17.6 Å². The van der Waals surface area contributed by atoms with E-state index in [9.17, 15) is 17.6 Å². The fourth-order valence-corrected chi connectivity index (χ4v) is 4.67. The monoisotopic (exact) mass is 457 g/mol. The number of halogens is 5. The van der Waals surface area contributed by atoms with Crippen molar-refractivity contribution in [1.29, 1.82) is 0 Å². The molecule has 0 amide bonds. The minimum atomic E-state index is -4.74. The molecule has 130 valence electrons. The molecule has 0 aliphatic rings. The number of alkyl halides is 3. The van der Waals surface area contributed by atoms with Crippen molar-refractivity contribution in [2.75, 3.05) is 21.3 Å². The van der Waals surface area contributed by atoms with Crippen LogP contribution in [-0.4, -0.2) is 21.3 Å². The molecule has 2 aromatic rings. The van der Waals surface area contributed by atoms with Crippen molar-refractivity contribution in [2.45, 2.75) is 6.18 Å². The highest BCUT2D eigenvalue weighted by molar-refractivity contribution is 5.41. The second-order valence-electron chi connectivity index (χ2n) is 4.56. The van der Waals surface area contributed by atoms with Crippen molar-refractivity contribution >= 4 is 0 Å². The van der Waals surface area contributed by atoms with Gasteiger partial charge in [0, 0.05) is 18.2 Å². The van der Waals surface area contributed by atoms with Crippen LogP contribution in [0.2, 0.25) is 0 Å². The minimum absolute atomic E-state index is 0.393. The zero-order valence-electron chi connectivity index (χ0n) is 13.0. The molecule has 0 saturated carbocycles. The Bertz CT molecular complexity index is 707. The van der Waals surface area contributed by atoms with Gasteiger partial charge in [-0.05, 0) is 12.1 Å². The Morgan fingerprint density at radius 1 is 0.875 bits per heavy atom. The van der Waals surface area contributed by atoms with Crippen molar-refractivity contribution < 1.29 is 53.0 Å². The van der Waals surface area contributed by atoms with Crippen LogP contribution >= 0.6 is 0 Å². The lowest BCUT2D eigenvalue weighted by Crippen LogP contribution is -3.61. The van der Waals surface area contributed by atoms with Crippen molar-refractivity contribution in [3.05, 3.63) is 48.9 Å². The molecule has 0 aromatic heterocycles. The van der Waals surface area contributed by atoms with Gasteiger partial charge in [-0.25, -0.2) is 4.39 Å². The lowest BCUT2D eigenvalue weighted by atomic mass is 10.2. The minimum Gasteiger partial charge on any atom is -0.496 e. The Kier molecular flexibility index (Phi) is 5.79. The number of hydrogen-bond donors (Lipinski definition) is 0. The lowest BCUT2D eigenvalue weighted by molar-refractivity contribution is -0.599. The molecule has 24 heavy (non-hydrogen) atoms. The van der Waals surface area contributed by atoms with Gasteiger partial charge in [-0.2, -0.15) is 13.2 Å². The molecule has 0 N–H and O–H groups in total. The molecular weight excluding hydrogens is 443 g/mol. The molecule has 2 rings (SSSR count). The van der Waals surface area contributed by atoms with Crippen LogP contribution < -0.4 is 35.4 Å². The van der Waals surface area contributed by atoms with Crippen molar-refractivity contribution in [3.8, 4) is 17.2 Å². The van der Waals surface area contributed by atoms with E-state index in [0.29, 0.717) is 24.4 Å². The van der Waals surface area contributed by atoms with E-state index in [1.54, 1.807) is 12.1 Å². The predicted molar refractivity (Wildman–Crippen MR) is 74.9 cm³/mol. The third-order valence-corrected chi connectivity index (χ3v) is 5.99. The Morgan fingerprint density at radius 3 is 1.92 bits per heavy atom. The summed E-state index contributed by atoms with van der Waals surface area (Å²) in [6.45, 7) is 0. The summed E-state index contributed by atoms with van der Waals surface area (Å²) < 4.78 is 68.8. The Balaban J connectivity index is 2.48. The molecule has 8 heteroatoms. The average molecular weight is 457 g/mol. The molecule has 0 radical (unpaired) electrons. The molecule has 0 fully saturated rings. The first-order chi connectivity index (χ1) is 11.3. The Morgan fingerprint density at radius 2 is 1.46 bits per heavy atom. The first-order valence-electron chi connectivity index (χ1n) is 6.61. The van der Waals surface area contributed by atoms with Crippen molar-refractivity contribution in [1.82, 2.24) is 0 Å². The Labute approximate surface area is 146 Å². The highest BCUT2D eigenvalue weighted by Crippen LogP contribution is 2.31. The van der Waals surface area contributed by atoms with Crippen LogP contribution in [0.15, 0.2) is 30.3 Å². The van der Waals surface area contributed by atoms with Gasteiger partial charge < -0.3 is 14.2 Å². The molecule has 3 nitrogen and oxygen atoms in total. The first-order valence-corrected chi connectivity index (χ1v) is 8.77. The van der Waals surface area contributed by atoms with Crippen LogP contribution in [0.1, 0.15) is 5.56 Å². The van der Waals surface area contributed by atoms with E-state index >= 15 is 0 Å². The molecule has 0 bridgehead atoms. The van der Waals surface area contributed by atoms with Gasteiger partial charge in [0.25, 0.3) is 3.57 Å². The highest BCUT2D eigenvalue weighted by Gasteiger charge is 2.37. The fraction of sp³-hybridized carbons (Fsp3) is 0.250. The van der Waals surface area contributed by atoms with Gasteiger partial charge in [0.05, 0.1) is 26.9 Å². The van der Waals surface area contributed by atoms with Gasteiger partial charge >= 0.3 is 27.4 Å². The highest BCUT2D eigenvalue weighted by atomic mass is 127. The number of methoxy groups -OCH3 is 3. The van der Waals surface area contributed by atoms with E-state index in [4.69, 9.17) is 14.2 Å². The summed E-state index contributed by atoms with van der Waals surface area (Å²) in [4.78, 5) is 0. The zero-order chi connectivity index (χ0) is 17.9. The molecule has 2 aromatic carbocycles. The van der Waals surface area contributed by atoms with E-state index in [0.717, 1.165) is 12.1 Å². The third-order valence-electron chi connectivity index (χ3n) is 3.09. The maximum absolute atomic E-state index is 13.4. The van der Waals surface area contributed by atoms with E-state index in [2.05, 4.69) is 0 Å². The summed E-state index contributed by atoms with van der Waals surface area (Å²) in [6.07, 6.45) is -4.74. The van der Waals surface area contributed by atoms with E-state index in [-0.39, 0.29) is 0 Å². The maximum Gasteiger partial charge on any atom is 0.419 e. The maximum atomic E-state index is 13.4. The van der Waals surface area contributed by atoms with Crippen LogP contribution in [0.3, 0.4) is 0 Å². The second-order valence-corrected chi connectivity index (χ2v) is 7.43. The van der Waals surface area contributed by atoms with Crippen LogP contribution in [0.5, 0.6) is 17.2 Å². The van der Waals surface area contributed by atoms with E-state index < -0.39 is 38.8 Å². The van der Waals surface area contributed by atoms with Crippen molar-refractivity contribution in [2.24, 2.45) is 0 Å². The van der Waals surface area contributed by atoms with E-state index in [1.165, 1.54) is 27.4 Å². The number of benzene rings is 2. The molecule has 0 heterocycles. The topological polar surface area (TPSA) is 27.7 Å². The summed E-state index contributed by atoms with van der Waals surface area (Å²) in [5.74, 6) is 0.129. The fourth-order valence-electron chi connectivity index (χ4n) is 1.94. The predicted octanol–water partition coefficient (Wildman–Crippen LogP) is 0.999. The van der Waals surface area contributed by atoms with Gasteiger partial charge in [0.2, 0.25) is 0 Å². The molecular formula is C16H14F4IO3+. The lowest BCUT2D eigenvalue weighted by Gasteiger charge is -2.09. The summed E-state index contributed by atoms with van der Waals surface area (Å²) in [7, 11) is 4.39. The molecule has 0 aliphatic carbocycles. The van der Waals surface area contributed by atoms with Gasteiger partial charge in [-0.1, -0.05) is 0 Å². The number of hydrogen-bond acceptors (Lipinski definition) is 3. The van der Waals surface area contributed by atoms with E-state index in [1.807, 2.05) is 0 Å². The smallest absolute Gasteiger partial charge is 0.419 e. The second kappa shape index (κ2) is 7.45. The molecule has 0 aliphatic heterocycles. The van der Waals surface area contributed by atoms with Gasteiger partial charge in [0.1, 0.15) is 11.6 Å². The molecule has 0 atom stereocenters. The quantitative estimate of drug-likeness (QED) is 0.496. The summed E-state index contributed by atoms with van der Waals surface area (Å²) in [6, 6.07) is 6.28. The first kappa shape index (κ1) is 18.6. The largest absolute Gasteiger partial charge is 0.496 e. The van der Waals surface area contributed by atoms with Crippen LogP contribution in [-0.2, 0) is 6.18 Å². The Hall–Kier alpha value is -1.71. The third kappa shape index (κ3) is 4.03. The summed E-state index contributed by atoms with van der Waals surface area (Å²) in [5.41, 5.74) is -1.27. The zero-order valence-corrected chi connectivity index (χ0v) is 15.2. The molecule has 0 spiro atoms. The summed E-state index contributed by atoms with van der Waals surface area (Å²) >= 11 is -1.10. The average Bonchev–Trinajstić information content (AvgIpc) is 2.55. The molecule has 0 saturated heterocycles. The van der Waals surface area contributed by atoms with Gasteiger partial charge in [0.15, 0.2) is 15.1 Å². The van der Waals surface area contributed by atoms with Gasteiger partial charge in [-0.3, -0.25) is 0 Å². The summed E-state index contributed by atoms with van der Waals surface area (Å²) in [5, 5.41) is 0. The SMILES string of the molecule is COc1cc(OC)c([I+]c2ccc(F)c(C(F)(F)F)c2)c(OC)c1. The standard InChI is InChI=1S/C16H14F4IO3/c1-22-10-7-13(23-2)15(14(8-10)24-3)21-9-4-5-12(17)11(6-9)16(18,19)20/h4-8H,1-3H3/q+1. The number of ether oxygens (including phenoxy) is 3. The van der Waals surface area contributed by atoms with Crippen LogP contribution in [0, 0.1) is 13.0 Å².